The van der Waals surface area contributed by atoms with Crippen LogP contribution in [0.5, 0.6) is 0 Å². The molecule has 102 valence electrons. The van der Waals surface area contributed by atoms with Crippen LogP contribution in [-0.4, -0.2) is 25.5 Å². The van der Waals surface area contributed by atoms with Crippen molar-refractivity contribution in [3.63, 3.8) is 0 Å². The number of aliphatic carboxylic acids is 1. The van der Waals surface area contributed by atoms with Crippen molar-refractivity contribution in [1.29, 1.82) is 0 Å². The molecule has 0 spiro atoms. The summed E-state index contributed by atoms with van der Waals surface area (Å²) in [6, 6.07) is 0.394. The van der Waals surface area contributed by atoms with Crippen LogP contribution in [0.2, 0.25) is 0 Å². The van der Waals surface area contributed by atoms with Crippen molar-refractivity contribution in [2.24, 2.45) is 0 Å². The maximum Gasteiger partial charge on any atom is 0.321 e. The van der Waals surface area contributed by atoms with E-state index in [1.54, 1.807) is 13.8 Å². The number of thiophene rings is 1. The molecule has 1 aromatic rings. The van der Waals surface area contributed by atoms with Gasteiger partial charge in [0.25, 0.3) is 0 Å². The average Bonchev–Trinajstić information content (AvgIpc) is 2.57. The first-order valence-electron chi connectivity index (χ1n) is 5.29. The van der Waals surface area contributed by atoms with Gasteiger partial charge in [-0.1, -0.05) is 13.3 Å². The van der Waals surface area contributed by atoms with Gasteiger partial charge in [-0.05, 0) is 35.3 Å². The van der Waals surface area contributed by atoms with E-state index in [2.05, 4.69) is 20.7 Å². The van der Waals surface area contributed by atoms with E-state index in [-0.39, 0.29) is 11.3 Å². The fourth-order valence-electron chi connectivity index (χ4n) is 1.47. The van der Waals surface area contributed by atoms with Crippen molar-refractivity contribution in [2.75, 3.05) is 0 Å². The highest BCUT2D eigenvalue weighted by Crippen LogP contribution is 2.29. The summed E-state index contributed by atoms with van der Waals surface area (Å²) < 4.78 is 27.1. The third kappa shape index (κ3) is 3.78. The minimum absolute atomic E-state index is 0.127. The van der Waals surface area contributed by atoms with Crippen LogP contribution in [0.25, 0.3) is 0 Å². The van der Waals surface area contributed by atoms with Crippen LogP contribution in [0, 0.1) is 6.92 Å². The van der Waals surface area contributed by atoms with Crippen LogP contribution < -0.4 is 4.72 Å². The smallest absolute Gasteiger partial charge is 0.321 e. The summed E-state index contributed by atoms with van der Waals surface area (Å²) in [5.74, 6) is -1.16. The van der Waals surface area contributed by atoms with Crippen LogP contribution >= 0.6 is 27.3 Å². The summed E-state index contributed by atoms with van der Waals surface area (Å²) >= 11 is 4.51. The van der Waals surface area contributed by atoms with Gasteiger partial charge in [0, 0.05) is 4.88 Å². The molecule has 0 saturated heterocycles. The molecule has 1 atom stereocenters. The van der Waals surface area contributed by atoms with Crippen molar-refractivity contribution in [3.8, 4) is 0 Å². The van der Waals surface area contributed by atoms with E-state index in [0.29, 0.717) is 15.1 Å². The maximum absolute atomic E-state index is 12.1. The van der Waals surface area contributed by atoms with E-state index < -0.39 is 22.0 Å². The molecule has 0 aliphatic heterocycles. The van der Waals surface area contributed by atoms with Crippen LogP contribution in [-0.2, 0) is 14.8 Å². The van der Waals surface area contributed by atoms with E-state index in [1.807, 2.05) is 0 Å². The molecule has 0 aliphatic carbocycles. The van der Waals surface area contributed by atoms with E-state index in [9.17, 15) is 13.2 Å². The van der Waals surface area contributed by atoms with Crippen molar-refractivity contribution in [3.05, 3.63) is 14.7 Å². The molecular formula is C10H14BrNO4S2. The molecule has 1 heterocycles. The van der Waals surface area contributed by atoms with Gasteiger partial charge in [0.2, 0.25) is 10.0 Å². The summed E-state index contributed by atoms with van der Waals surface area (Å²) in [7, 11) is -3.79. The molecule has 0 radical (unpaired) electrons. The third-order valence-electron chi connectivity index (χ3n) is 2.30. The highest BCUT2D eigenvalue weighted by atomic mass is 79.9. The van der Waals surface area contributed by atoms with Gasteiger partial charge in [0.05, 0.1) is 8.68 Å². The SMILES string of the molecule is CCC[C@@H](NS(=O)(=O)c1cc(Br)sc1C)C(=O)O. The number of carboxylic acid groups (broad SMARTS) is 1. The Labute approximate surface area is 118 Å². The number of carboxylic acids is 1. The number of rotatable bonds is 6. The van der Waals surface area contributed by atoms with Gasteiger partial charge < -0.3 is 5.11 Å². The second-order valence-corrected chi connectivity index (χ2v) is 8.09. The Morgan fingerprint density at radius 3 is 2.61 bits per heavy atom. The Kier molecular flexibility index (Phi) is 5.32. The van der Waals surface area contributed by atoms with Gasteiger partial charge in [-0.3, -0.25) is 4.79 Å². The Bertz CT molecular complexity index is 538. The monoisotopic (exact) mass is 355 g/mol. The van der Waals surface area contributed by atoms with E-state index in [1.165, 1.54) is 17.4 Å². The number of hydrogen-bond acceptors (Lipinski definition) is 4. The van der Waals surface area contributed by atoms with Gasteiger partial charge >= 0.3 is 5.97 Å². The molecule has 1 aromatic heterocycles. The maximum atomic E-state index is 12.1. The predicted molar refractivity (Wildman–Crippen MR) is 73.4 cm³/mol. The largest absolute Gasteiger partial charge is 0.480 e. The van der Waals surface area contributed by atoms with Crippen LogP contribution in [0.15, 0.2) is 14.7 Å². The highest BCUT2D eigenvalue weighted by molar-refractivity contribution is 9.11. The minimum atomic E-state index is -3.79. The molecule has 8 heteroatoms. The topological polar surface area (TPSA) is 83.5 Å². The summed E-state index contributed by atoms with van der Waals surface area (Å²) in [5, 5.41) is 8.96. The standard InChI is InChI=1S/C10H14BrNO4S2/c1-3-4-7(10(13)14)12-18(15,16)8-5-9(11)17-6(8)2/h5,7,12H,3-4H2,1-2H3,(H,13,14)/t7-/m1/s1. The summed E-state index contributed by atoms with van der Waals surface area (Å²) in [6.45, 7) is 3.48. The molecule has 1 rings (SSSR count). The number of hydrogen-bond donors (Lipinski definition) is 2. The lowest BCUT2D eigenvalue weighted by Crippen LogP contribution is -2.40. The lowest BCUT2D eigenvalue weighted by atomic mass is 10.2. The molecule has 0 unspecified atom stereocenters. The second kappa shape index (κ2) is 6.14. The quantitative estimate of drug-likeness (QED) is 0.820. The zero-order valence-electron chi connectivity index (χ0n) is 9.94. The van der Waals surface area contributed by atoms with Crippen LogP contribution in [0.4, 0.5) is 0 Å². The lowest BCUT2D eigenvalue weighted by Gasteiger charge is -2.13. The third-order valence-corrected chi connectivity index (χ3v) is 5.59. The number of nitrogens with one attached hydrogen (secondary N) is 1. The van der Waals surface area contributed by atoms with Gasteiger partial charge in [-0.2, -0.15) is 4.72 Å². The number of carbonyl (C=O) groups is 1. The molecule has 0 bridgehead atoms. The molecule has 0 aromatic carbocycles. The molecule has 0 fully saturated rings. The molecule has 2 N–H and O–H groups in total. The summed E-state index contributed by atoms with van der Waals surface area (Å²) in [6.07, 6.45) is 0.852. The predicted octanol–water partition coefficient (Wildman–Crippen LogP) is 2.35. The first kappa shape index (κ1) is 15.6. The van der Waals surface area contributed by atoms with E-state index in [4.69, 9.17) is 5.11 Å². The lowest BCUT2D eigenvalue weighted by molar-refractivity contribution is -0.139. The Morgan fingerprint density at radius 2 is 2.22 bits per heavy atom. The molecule has 18 heavy (non-hydrogen) atoms. The fraction of sp³-hybridized carbons (Fsp3) is 0.500. The Balaban J connectivity index is 3.00. The fourth-order valence-corrected chi connectivity index (χ4v) is 5.11. The molecule has 0 amide bonds. The van der Waals surface area contributed by atoms with Gasteiger partial charge in [-0.25, -0.2) is 8.42 Å². The number of sulfonamides is 1. The summed E-state index contributed by atoms with van der Waals surface area (Å²) in [5.41, 5.74) is 0. The first-order chi connectivity index (χ1) is 8.27. The zero-order chi connectivity index (χ0) is 13.9. The highest BCUT2D eigenvalue weighted by Gasteiger charge is 2.26. The Morgan fingerprint density at radius 1 is 1.61 bits per heavy atom. The number of aryl methyl sites for hydroxylation is 1. The molecule has 0 aliphatic rings. The van der Waals surface area contributed by atoms with Crippen molar-refractivity contribution < 1.29 is 18.3 Å². The van der Waals surface area contributed by atoms with Gasteiger partial charge in [0.1, 0.15) is 6.04 Å². The first-order valence-corrected chi connectivity index (χ1v) is 8.38. The van der Waals surface area contributed by atoms with Crippen molar-refractivity contribution in [2.45, 2.75) is 37.6 Å². The minimum Gasteiger partial charge on any atom is -0.480 e. The molecular weight excluding hydrogens is 342 g/mol. The normalized spacial score (nSPS) is 13.5. The number of halogens is 1. The summed E-state index contributed by atoms with van der Waals surface area (Å²) in [4.78, 5) is 11.7. The van der Waals surface area contributed by atoms with Gasteiger partial charge in [-0.15, -0.1) is 11.3 Å². The Hall–Kier alpha value is -0.440. The zero-order valence-corrected chi connectivity index (χ0v) is 13.2. The molecule has 5 nitrogen and oxygen atoms in total. The van der Waals surface area contributed by atoms with Crippen molar-refractivity contribution in [1.82, 2.24) is 4.72 Å². The van der Waals surface area contributed by atoms with Crippen LogP contribution in [0.1, 0.15) is 24.6 Å². The second-order valence-electron chi connectivity index (χ2n) is 3.77. The van der Waals surface area contributed by atoms with E-state index in [0.717, 1.165) is 0 Å². The van der Waals surface area contributed by atoms with Gasteiger partial charge in [0.15, 0.2) is 0 Å². The average molecular weight is 356 g/mol. The van der Waals surface area contributed by atoms with Crippen LogP contribution in [0.3, 0.4) is 0 Å². The van der Waals surface area contributed by atoms with E-state index >= 15 is 0 Å². The molecule has 0 saturated carbocycles. The van der Waals surface area contributed by atoms with Crippen molar-refractivity contribution >= 4 is 43.3 Å².